The molecule has 0 aliphatic rings. The molecule has 0 fully saturated rings. The number of nitrogens with zero attached hydrogens (tertiary/aromatic N) is 3. The van der Waals surface area contributed by atoms with Gasteiger partial charge >= 0.3 is 0 Å². The molecule has 9 heteroatoms. The van der Waals surface area contributed by atoms with E-state index in [4.69, 9.17) is 13.9 Å². The molecule has 1 aromatic carbocycles. The van der Waals surface area contributed by atoms with Crippen LogP contribution in [0.4, 0.5) is 0 Å². The number of furan rings is 1. The predicted molar refractivity (Wildman–Crippen MR) is 117 cm³/mol. The van der Waals surface area contributed by atoms with Gasteiger partial charge in [-0.1, -0.05) is 30.3 Å². The quantitative estimate of drug-likeness (QED) is 0.384. The molecule has 0 saturated carbocycles. The first-order valence-corrected chi connectivity index (χ1v) is 10.0. The highest BCUT2D eigenvalue weighted by Crippen LogP contribution is 2.30. The lowest BCUT2D eigenvalue weighted by atomic mass is 10.1. The number of nitrogens with one attached hydrogen (secondary N) is 1. The summed E-state index contributed by atoms with van der Waals surface area (Å²) in [4.78, 5) is 16.3. The average Bonchev–Trinajstić information content (AvgIpc) is 3.25. The number of pyridine rings is 1. The molecule has 1 N–H and O–H groups in total. The Kier molecular flexibility index (Phi) is 7.54. The summed E-state index contributed by atoms with van der Waals surface area (Å²) in [5, 5.41) is 13.3. The smallest absolute Gasteiger partial charge is 0.278 e. The summed E-state index contributed by atoms with van der Waals surface area (Å²) in [6, 6.07) is 15.3. The van der Waals surface area contributed by atoms with Crippen molar-refractivity contribution < 1.29 is 18.7 Å². The van der Waals surface area contributed by atoms with Crippen LogP contribution >= 0.6 is 15.9 Å². The lowest BCUT2D eigenvalue weighted by Gasteiger charge is -2.13. The molecule has 0 atom stereocenters. The number of aromatic nitrogens is 1. The number of ether oxygens (including phenoxy) is 2. The Morgan fingerprint density at radius 3 is 2.81 bits per heavy atom. The number of halogens is 1. The summed E-state index contributed by atoms with van der Waals surface area (Å²) in [6.45, 7) is 1.60. The van der Waals surface area contributed by atoms with Crippen LogP contribution in [0.3, 0.4) is 0 Å². The van der Waals surface area contributed by atoms with E-state index in [1.54, 1.807) is 13.0 Å². The van der Waals surface area contributed by atoms with Crippen LogP contribution in [-0.4, -0.2) is 30.8 Å². The van der Waals surface area contributed by atoms with E-state index < -0.39 is 5.91 Å². The van der Waals surface area contributed by atoms with E-state index in [-0.39, 0.29) is 24.7 Å². The molecule has 2 heterocycles. The van der Waals surface area contributed by atoms with Crippen molar-refractivity contribution in [2.75, 3.05) is 13.7 Å². The zero-order chi connectivity index (χ0) is 22.2. The summed E-state index contributed by atoms with van der Waals surface area (Å²) in [5.74, 6) is 0.740. The SMILES string of the molecule is COCc1c(Br)c(C)nc(OCC(=O)N/N=C\c2ccc(-c3ccccc3)o2)c1C#N. The summed E-state index contributed by atoms with van der Waals surface area (Å²) >= 11 is 3.40. The van der Waals surface area contributed by atoms with E-state index >= 15 is 0 Å². The molecule has 2 aromatic heterocycles. The fourth-order valence-corrected chi connectivity index (χ4v) is 3.13. The second kappa shape index (κ2) is 10.5. The van der Waals surface area contributed by atoms with Crippen LogP contribution < -0.4 is 10.2 Å². The maximum Gasteiger partial charge on any atom is 0.278 e. The highest BCUT2D eigenvalue weighted by atomic mass is 79.9. The number of hydrazone groups is 1. The number of rotatable bonds is 8. The third-order valence-corrected chi connectivity index (χ3v) is 5.23. The fourth-order valence-electron chi connectivity index (χ4n) is 2.73. The van der Waals surface area contributed by atoms with Crippen LogP contribution in [0.2, 0.25) is 0 Å². The number of methoxy groups -OCH3 is 1. The Hall–Kier alpha value is -3.48. The van der Waals surface area contributed by atoms with Crippen LogP contribution in [0, 0.1) is 18.3 Å². The molecule has 3 aromatic rings. The van der Waals surface area contributed by atoms with Gasteiger partial charge in [-0.15, -0.1) is 0 Å². The normalized spacial score (nSPS) is 10.8. The molecule has 1 amide bonds. The van der Waals surface area contributed by atoms with Crippen molar-refractivity contribution in [1.82, 2.24) is 10.4 Å². The van der Waals surface area contributed by atoms with E-state index in [9.17, 15) is 10.1 Å². The summed E-state index contributed by atoms with van der Waals surface area (Å²) in [6.07, 6.45) is 1.39. The van der Waals surface area contributed by atoms with Gasteiger partial charge in [0.15, 0.2) is 6.61 Å². The van der Waals surface area contributed by atoms with Gasteiger partial charge in [-0.25, -0.2) is 10.4 Å². The maximum atomic E-state index is 12.1. The summed E-state index contributed by atoms with van der Waals surface area (Å²) < 4.78 is 16.9. The molecule has 0 spiro atoms. The molecule has 0 unspecified atom stereocenters. The van der Waals surface area contributed by atoms with Gasteiger partial charge in [-0.2, -0.15) is 10.4 Å². The molecule has 158 valence electrons. The second-order valence-corrected chi connectivity index (χ2v) is 7.16. The predicted octanol–water partition coefficient (Wildman–Crippen LogP) is 3.96. The maximum absolute atomic E-state index is 12.1. The lowest BCUT2D eigenvalue weighted by Crippen LogP contribution is -2.25. The van der Waals surface area contributed by atoms with Crippen LogP contribution in [0.1, 0.15) is 22.6 Å². The third-order valence-electron chi connectivity index (χ3n) is 4.17. The van der Waals surface area contributed by atoms with Crippen LogP contribution in [0.15, 0.2) is 56.5 Å². The molecule has 0 saturated heterocycles. The van der Waals surface area contributed by atoms with Gasteiger partial charge in [0, 0.05) is 22.7 Å². The van der Waals surface area contributed by atoms with E-state index in [0.29, 0.717) is 27.3 Å². The highest BCUT2D eigenvalue weighted by molar-refractivity contribution is 9.10. The largest absolute Gasteiger partial charge is 0.467 e. The zero-order valence-electron chi connectivity index (χ0n) is 16.9. The van der Waals surface area contributed by atoms with E-state index in [1.165, 1.54) is 13.3 Å². The lowest BCUT2D eigenvalue weighted by molar-refractivity contribution is -0.123. The van der Waals surface area contributed by atoms with Gasteiger partial charge < -0.3 is 13.9 Å². The van der Waals surface area contributed by atoms with Gasteiger partial charge in [-0.05, 0) is 35.0 Å². The number of hydrogen-bond acceptors (Lipinski definition) is 7. The molecule has 0 aliphatic carbocycles. The van der Waals surface area contributed by atoms with Crippen LogP contribution in [-0.2, 0) is 16.1 Å². The Bertz CT molecular complexity index is 1140. The Balaban J connectivity index is 1.60. The minimum Gasteiger partial charge on any atom is -0.467 e. The average molecular weight is 483 g/mol. The van der Waals surface area contributed by atoms with Crippen molar-refractivity contribution in [1.29, 1.82) is 5.26 Å². The Morgan fingerprint density at radius 2 is 2.10 bits per heavy atom. The van der Waals surface area contributed by atoms with Crippen molar-refractivity contribution in [2.45, 2.75) is 13.5 Å². The van der Waals surface area contributed by atoms with Crippen molar-refractivity contribution in [3.05, 3.63) is 69.5 Å². The van der Waals surface area contributed by atoms with Crippen molar-refractivity contribution in [2.24, 2.45) is 5.10 Å². The minimum absolute atomic E-state index is 0.0629. The Labute approximate surface area is 187 Å². The van der Waals surface area contributed by atoms with E-state index in [1.807, 2.05) is 36.4 Å². The number of aryl methyl sites for hydroxylation is 1. The first-order valence-electron chi connectivity index (χ1n) is 9.21. The van der Waals surface area contributed by atoms with Crippen molar-refractivity contribution in [3.63, 3.8) is 0 Å². The number of hydrogen-bond donors (Lipinski definition) is 1. The van der Waals surface area contributed by atoms with Gasteiger partial charge in [0.05, 0.1) is 18.5 Å². The van der Waals surface area contributed by atoms with Gasteiger partial charge in [0.2, 0.25) is 5.88 Å². The first kappa shape index (κ1) is 22.2. The molecule has 8 nitrogen and oxygen atoms in total. The van der Waals surface area contributed by atoms with Crippen LogP contribution in [0.5, 0.6) is 5.88 Å². The molecule has 0 bridgehead atoms. The molecular weight excluding hydrogens is 464 g/mol. The number of benzene rings is 1. The van der Waals surface area contributed by atoms with E-state index in [2.05, 4.69) is 37.5 Å². The standard InChI is InChI=1S/C22H19BrN4O4/c1-14-21(23)18(12-29-2)17(10-24)22(26-14)30-13-20(28)27-25-11-16-8-9-19(31-16)15-6-4-3-5-7-15/h3-9,11H,12-13H2,1-2H3,(H,27,28)/b25-11-. The topological polar surface area (TPSA) is 110 Å². The number of nitriles is 1. The monoisotopic (exact) mass is 482 g/mol. The summed E-state index contributed by atoms with van der Waals surface area (Å²) in [7, 11) is 1.52. The molecular formula is C22H19BrN4O4. The molecule has 0 aliphatic heterocycles. The molecule has 31 heavy (non-hydrogen) atoms. The van der Waals surface area contributed by atoms with Crippen molar-refractivity contribution >= 4 is 28.1 Å². The van der Waals surface area contributed by atoms with Gasteiger partial charge in [0.1, 0.15) is 23.2 Å². The zero-order valence-corrected chi connectivity index (χ0v) is 18.5. The van der Waals surface area contributed by atoms with Gasteiger partial charge in [0.25, 0.3) is 5.91 Å². The van der Waals surface area contributed by atoms with E-state index in [0.717, 1.165) is 5.56 Å². The Morgan fingerprint density at radius 1 is 1.32 bits per heavy atom. The minimum atomic E-state index is -0.509. The number of carbonyl (C=O) groups is 1. The fraction of sp³-hybridized carbons (Fsp3) is 0.182. The van der Waals surface area contributed by atoms with Crippen molar-refractivity contribution in [3.8, 4) is 23.3 Å². The number of amides is 1. The molecule has 0 radical (unpaired) electrons. The highest BCUT2D eigenvalue weighted by Gasteiger charge is 2.18. The number of carbonyl (C=O) groups excluding carboxylic acids is 1. The van der Waals surface area contributed by atoms with Crippen LogP contribution in [0.25, 0.3) is 11.3 Å². The molecule has 3 rings (SSSR count). The third kappa shape index (κ3) is 5.57. The summed E-state index contributed by atoms with van der Waals surface area (Å²) in [5.41, 5.74) is 4.73. The first-order chi connectivity index (χ1) is 15.0. The second-order valence-electron chi connectivity index (χ2n) is 6.36. The van der Waals surface area contributed by atoms with Gasteiger partial charge in [-0.3, -0.25) is 4.79 Å².